The summed E-state index contributed by atoms with van der Waals surface area (Å²) in [5.74, 6) is -1.98. The van der Waals surface area contributed by atoms with Crippen molar-refractivity contribution >= 4 is 17.9 Å². The van der Waals surface area contributed by atoms with Crippen molar-refractivity contribution in [3.63, 3.8) is 0 Å². The number of nitrogens with zero attached hydrogens (tertiary/aromatic N) is 1. The van der Waals surface area contributed by atoms with Crippen molar-refractivity contribution in [1.29, 1.82) is 0 Å². The number of hydrogen-bond donors (Lipinski definition) is 1. The fourth-order valence-corrected chi connectivity index (χ4v) is 11.3. The van der Waals surface area contributed by atoms with Crippen LogP contribution in [-0.2, 0) is 33.3 Å². The molecular weight excluding hydrogens is 1130 g/mol. The number of carbonyl (C=O) groups is 3. The van der Waals surface area contributed by atoms with Crippen LogP contribution in [-0.4, -0.2) is 87.4 Å². The van der Waals surface area contributed by atoms with E-state index < -0.39 is 18.4 Å². The summed E-state index contributed by atoms with van der Waals surface area (Å²) in [5.41, 5.74) is 0. The number of hydrogen-bond acceptors (Lipinski definition) is 7. The molecule has 9 heteroatoms. The van der Waals surface area contributed by atoms with Gasteiger partial charge in [-0.1, -0.05) is 343 Å². The fraction of sp³-hybridized carbons (Fsp3) is 0.793. The van der Waals surface area contributed by atoms with E-state index in [0.717, 1.165) is 77.0 Å². The molecule has 0 spiro atoms. The molecule has 0 bridgehead atoms. The highest BCUT2D eigenvalue weighted by Gasteiger charge is 2.25. The van der Waals surface area contributed by atoms with E-state index in [2.05, 4.69) is 98.9 Å². The summed E-state index contributed by atoms with van der Waals surface area (Å²) in [7, 11) is 5.99. The predicted octanol–water partition coefficient (Wildman–Crippen LogP) is 24.6. The Kier molecular flexibility index (Phi) is 69.5. The number of likely N-dealkylation sites (N-methyl/N-ethyl adjacent to an activating group) is 1. The van der Waals surface area contributed by atoms with Crippen molar-refractivity contribution in [2.24, 2.45) is 0 Å². The minimum Gasteiger partial charge on any atom is -0.477 e. The van der Waals surface area contributed by atoms with Crippen LogP contribution in [0.4, 0.5) is 0 Å². The first-order chi connectivity index (χ1) is 44.6. The number of carboxylic acids is 1. The molecule has 0 amide bonds. The second-order valence-electron chi connectivity index (χ2n) is 27.3. The monoisotopic (exact) mass is 1280 g/mol. The second-order valence-corrected chi connectivity index (χ2v) is 27.3. The van der Waals surface area contributed by atoms with Gasteiger partial charge in [0.1, 0.15) is 13.2 Å². The minimum absolute atomic E-state index is 0.179. The van der Waals surface area contributed by atoms with Gasteiger partial charge in [0, 0.05) is 12.8 Å². The van der Waals surface area contributed by atoms with E-state index in [-0.39, 0.29) is 38.2 Å². The Morgan fingerprint density at radius 3 is 0.934 bits per heavy atom. The van der Waals surface area contributed by atoms with Crippen LogP contribution in [0.1, 0.15) is 361 Å². The Balaban J connectivity index is 4.02. The largest absolute Gasteiger partial charge is 0.477 e. The van der Waals surface area contributed by atoms with Gasteiger partial charge in [-0.15, -0.1) is 0 Å². The van der Waals surface area contributed by atoms with E-state index in [9.17, 15) is 19.5 Å². The summed E-state index contributed by atoms with van der Waals surface area (Å²) in [4.78, 5) is 37.7. The highest BCUT2D eigenvalue weighted by atomic mass is 16.7. The van der Waals surface area contributed by atoms with Crippen LogP contribution in [0.5, 0.6) is 0 Å². The first-order valence-electron chi connectivity index (χ1n) is 38.8. The van der Waals surface area contributed by atoms with E-state index in [4.69, 9.17) is 18.9 Å². The lowest BCUT2D eigenvalue weighted by atomic mass is 10.0. The molecule has 0 aliphatic rings. The molecule has 0 radical (unpaired) electrons. The number of quaternary nitrogens is 1. The zero-order chi connectivity index (χ0) is 66.1. The molecular formula is C82H148NO8+. The van der Waals surface area contributed by atoms with Crippen LogP contribution in [0.2, 0.25) is 0 Å². The van der Waals surface area contributed by atoms with Gasteiger partial charge in [-0.3, -0.25) is 9.59 Å². The molecule has 0 aromatic carbocycles. The fourth-order valence-electron chi connectivity index (χ4n) is 11.3. The standard InChI is InChI=1S/C82H147NO8/c1-6-8-10-12-14-16-18-20-22-24-26-28-30-32-34-36-38-39-40-41-43-45-47-49-51-53-55-57-59-61-63-65-67-69-71-73-80(85)91-78(77-90-82(81(86)87)88-75-74-83(3,4)5)76-89-79(84)72-70-68-66-64-62-60-58-56-54-52-50-48-46-44-42-37-35-33-31-29-27-25-23-21-19-17-15-13-11-9-7-2/h8,10,14,16,19-22,25-28,32,34,78,82H,6-7,9,11-13,15,17-18,23-24,29-31,33,35-77H2,1-5H3/p+1/b10-8-,16-14-,21-19-,22-20-,27-25-,28-26-,34-32-. The molecule has 1 N–H and O–H groups in total. The van der Waals surface area contributed by atoms with Crippen LogP contribution in [0.15, 0.2) is 85.1 Å². The number of rotatable bonds is 72. The third-order valence-corrected chi connectivity index (χ3v) is 17.1. The molecule has 0 aliphatic heterocycles. The third-order valence-electron chi connectivity index (χ3n) is 17.1. The van der Waals surface area contributed by atoms with Crippen molar-refractivity contribution in [3.05, 3.63) is 85.1 Å². The van der Waals surface area contributed by atoms with E-state index >= 15 is 0 Å². The number of esters is 2. The van der Waals surface area contributed by atoms with Crippen LogP contribution in [0.25, 0.3) is 0 Å². The maximum atomic E-state index is 13.0. The van der Waals surface area contributed by atoms with E-state index in [0.29, 0.717) is 17.4 Å². The summed E-state index contributed by atoms with van der Waals surface area (Å²) in [6.07, 6.45) is 95.8. The van der Waals surface area contributed by atoms with Crippen LogP contribution >= 0.6 is 0 Å². The zero-order valence-corrected chi connectivity index (χ0v) is 60.5. The average molecular weight is 1280 g/mol. The van der Waals surface area contributed by atoms with Gasteiger partial charge in [0.15, 0.2) is 6.10 Å². The molecule has 0 aliphatic carbocycles. The Morgan fingerprint density at radius 2 is 0.626 bits per heavy atom. The number of carboxylic acid groups (broad SMARTS) is 1. The summed E-state index contributed by atoms with van der Waals surface area (Å²) in [6.45, 7) is 4.81. The second kappa shape index (κ2) is 72.3. The zero-order valence-electron chi connectivity index (χ0n) is 60.5. The van der Waals surface area contributed by atoms with E-state index in [1.165, 1.54) is 257 Å². The molecule has 9 nitrogen and oxygen atoms in total. The van der Waals surface area contributed by atoms with Crippen LogP contribution in [0.3, 0.4) is 0 Å². The van der Waals surface area contributed by atoms with Crippen molar-refractivity contribution in [2.75, 3.05) is 47.5 Å². The Bertz CT molecular complexity index is 1770. The summed E-state index contributed by atoms with van der Waals surface area (Å²) >= 11 is 0. The quantitative estimate of drug-likeness (QED) is 0.0211. The number of ether oxygens (including phenoxy) is 4. The van der Waals surface area contributed by atoms with Gasteiger partial charge in [-0.05, 0) is 89.9 Å². The molecule has 2 unspecified atom stereocenters. The molecule has 0 saturated carbocycles. The van der Waals surface area contributed by atoms with Crippen molar-refractivity contribution in [1.82, 2.24) is 0 Å². The molecule has 0 heterocycles. The normalized spacial score (nSPS) is 13.1. The van der Waals surface area contributed by atoms with Crippen LogP contribution < -0.4 is 0 Å². The SMILES string of the molecule is CC/C=C\C/C=C\C/C=C\C/C=C\C/C=C\CCCCCCCCCCCCCCCCCCCCCC(=O)OC(COC(=O)CCCCCCCCCCCCCCCCCCCCC/C=C\C/C=C\CCCCCCC)COC(OCC[N+](C)(C)C)C(=O)O. The summed E-state index contributed by atoms with van der Waals surface area (Å²) in [5, 5.41) is 9.77. The predicted molar refractivity (Wildman–Crippen MR) is 392 cm³/mol. The molecule has 0 saturated heterocycles. The number of carbonyl (C=O) groups excluding carboxylic acids is 2. The van der Waals surface area contributed by atoms with Gasteiger partial charge in [0.2, 0.25) is 0 Å². The highest BCUT2D eigenvalue weighted by Crippen LogP contribution is 2.19. The third kappa shape index (κ3) is 73.7. The van der Waals surface area contributed by atoms with Gasteiger partial charge in [0.05, 0.1) is 34.4 Å². The lowest BCUT2D eigenvalue weighted by molar-refractivity contribution is -0.870. The maximum absolute atomic E-state index is 13.0. The molecule has 0 fully saturated rings. The van der Waals surface area contributed by atoms with E-state index in [1.807, 2.05) is 21.1 Å². The summed E-state index contributed by atoms with van der Waals surface area (Å²) < 4.78 is 23.0. The van der Waals surface area contributed by atoms with Crippen LogP contribution in [0, 0.1) is 0 Å². The smallest absolute Gasteiger partial charge is 0.361 e. The van der Waals surface area contributed by atoms with Gasteiger partial charge < -0.3 is 28.5 Å². The molecule has 0 aromatic heterocycles. The lowest BCUT2D eigenvalue weighted by Crippen LogP contribution is -2.40. The van der Waals surface area contributed by atoms with Gasteiger partial charge in [-0.25, -0.2) is 4.79 Å². The Morgan fingerprint density at radius 1 is 0.341 bits per heavy atom. The van der Waals surface area contributed by atoms with Gasteiger partial charge in [-0.2, -0.15) is 0 Å². The van der Waals surface area contributed by atoms with Crippen molar-refractivity contribution in [3.8, 4) is 0 Å². The molecule has 0 aromatic rings. The molecule has 528 valence electrons. The highest BCUT2D eigenvalue weighted by molar-refractivity contribution is 5.71. The minimum atomic E-state index is -1.51. The van der Waals surface area contributed by atoms with Crippen molar-refractivity contribution in [2.45, 2.75) is 373 Å². The van der Waals surface area contributed by atoms with Gasteiger partial charge in [0.25, 0.3) is 6.29 Å². The Hall–Kier alpha value is -3.53. The van der Waals surface area contributed by atoms with E-state index in [1.54, 1.807) is 0 Å². The molecule has 91 heavy (non-hydrogen) atoms. The maximum Gasteiger partial charge on any atom is 0.361 e. The van der Waals surface area contributed by atoms with Gasteiger partial charge >= 0.3 is 17.9 Å². The lowest BCUT2D eigenvalue weighted by Gasteiger charge is -2.25. The first-order valence-corrected chi connectivity index (χ1v) is 38.8. The summed E-state index contributed by atoms with van der Waals surface area (Å²) in [6, 6.07) is 0. The average Bonchev–Trinajstić information content (AvgIpc) is 3.46. The number of allylic oxidation sites excluding steroid dienone is 14. The van der Waals surface area contributed by atoms with Crippen molar-refractivity contribution < 1.29 is 42.9 Å². The number of aliphatic carboxylic acids is 1. The molecule has 2 atom stereocenters. The first kappa shape index (κ1) is 87.5. The number of unbranched alkanes of at least 4 members (excludes halogenated alkanes) is 43. The Labute approximate surface area is 563 Å². The molecule has 0 rings (SSSR count). The topological polar surface area (TPSA) is 108 Å².